The van der Waals surface area contributed by atoms with Crippen LogP contribution in [-0.4, -0.2) is 29.5 Å². The van der Waals surface area contributed by atoms with E-state index in [4.69, 9.17) is 0 Å². The number of aromatic amines is 1. The van der Waals surface area contributed by atoms with Crippen molar-refractivity contribution >= 4 is 16.5 Å². The van der Waals surface area contributed by atoms with E-state index in [1.165, 1.54) is 54.4 Å². The first-order valence-electron chi connectivity index (χ1n) is 7.38. The van der Waals surface area contributed by atoms with Crippen molar-refractivity contribution in [3.05, 3.63) is 42.1 Å². The van der Waals surface area contributed by atoms with Gasteiger partial charge in [0.05, 0.1) is 0 Å². The van der Waals surface area contributed by atoms with Gasteiger partial charge in [-0.05, 0) is 48.4 Å². The number of H-pyrrole nitrogens is 1. The Morgan fingerprint density at radius 1 is 1.21 bits per heavy atom. The zero-order valence-electron chi connectivity index (χ0n) is 11.2. The van der Waals surface area contributed by atoms with Crippen LogP contribution in [0.5, 0.6) is 0 Å². The summed E-state index contributed by atoms with van der Waals surface area (Å²) >= 11 is 0. The molecule has 1 aromatic heterocycles. The van der Waals surface area contributed by atoms with Crippen LogP contribution >= 0.6 is 0 Å². The molecule has 4 rings (SSSR count). The van der Waals surface area contributed by atoms with Crippen LogP contribution in [0.2, 0.25) is 0 Å². The molecule has 1 N–H and O–H groups in total. The third-order valence-corrected chi connectivity index (χ3v) is 4.38. The Morgan fingerprint density at radius 3 is 3.05 bits per heavy atom. The molecule has 0 unspecified atom stereocenters. The Bertz CT molecular complexity index is 619. The summed E-state index contributed by atoms with van der Waals surface area (Å²) in [6.45, 7) is 3.67. The minimum absolute atomic E-state index is 0.988. The van der Waals surface area contributed by atoms with Crippen molar-refractivity contribution in [3.8, 4) is 0 Å². The van der Waals surface area contributed by atoms with Gasteiger partial charge in [0.15, 0.2) is 0 Å². The zero-order chi connectivity index (χ0) is 12.7. The third kappa shape index (κ3) is 2.21. The SMILES string of the molecule is C1=C(c2cccc3[nH]ccc23)CN(CC2CC2)CC1. The number of benzene rings is 1. The quantitative estimate of drug-likeness (QED) is 0.883. The van der Waals surface area contributed by atoms with E-state index in [-0.39, 0.29) is 0 Å². The molecule has 2 aromatic rings. The number of rotatable bonds is 3. The molecule has 0 spiro atoms. The van der Waals surface area contributed by atoms with Crippen LogP contribution in [-0.2, 0) is 0 Å². The number of aromatic nitrogens is 1. The zero-order valence-corrected chi connectivity index (χ0v) is 11.2. The molecule has 1 fully saturated rings. The average Bonchev–Trinajstić information content (AvgIpc) is 3.12. The van der Waals surface area contributed by atoms with Crippen molar-refractivity contribution in [1.82, 2.24) is 9.88 Å². The van der Waals surface area contributed by atoms with Gasteiger partial charge in [-0.25, -0.2) is 0 Å². The average molecular weight is 252 g/mol. The molecule has 0 atom stereocenters. The predicted octanol–water partition coefficient (Wildman–Crippen LogP) is 3.67. The molecule has 1 aliphatic carbocycles. The van der Waals surface area contributed by atoms with Crippen LogP contribution < -0.4 is 0 Å². The van der Waals surface area contributed by atoms with Crippen molar-refractivity contribution in [3.63, 3.8) is 0 Å². The molecule has 1 aromatic carbocycles. The smallest absolute Gasteiger partial charge is 0.0460 e. The third-order valence-electron chi connectivity index (χ3n) is 4.38. The minimum atomic E-state index is 0.988. The lowest BCUT2D eigenvalue weighted by Crippen LogP contribution is -2.31. The Kier molecular flexibility index (Phi) is 2.70. The summed E-state index contributed by atoms with van der Waals surface area (Å²) in [6, 6.07) is 8.78. The number of nitrogens with one attached hydrogen (secondary N) is 1. The molecule has 1 aliphatic heterocycles. The van der Waals surface area contributed by atoms with Gasteiger partial charge in [-0.15, -0.1) is 0 Å². The molecule has 2 aliphatic rings. The van der Waals surface area contributed by atoms with E-state index in [9.17, 15) is 0 Å². The van der Waals surface area contributed by atoms with E-state index < -0.39 is 0 Å². The molecular weight excluding hydrogens is 232 g/mol. The molecule has 19 heavy (non-hydrogen) atoms. The largest absolute Gasteiger partial charge is 0.361 e. The molecular formula is C17H20N2. The first-order chi connectivity index (χ1) is 9.40. The normalized spacial score (nSPS) is 20.7. The Morgan fingerprint density at radius 2 is 2.16 bits per heavy atom. The molecule has 0 radical (unpaired) electrons. The van der Waals surface area contributed by atoms with Crippen LogP contribution in [0.25, 0.3) is 16.5 Å². The van der Waals surface area contributed by atoms with Crippen molar-refractivity contribution in [2.24, 2.45) is 5.92 Å². The number of nitrogens with zero attached hydrogens (tertiary/aromatic N) is 1. The van der Waals surface area contributed by atoms with Gasteiger partial charge in [0.2, 0.25) is 0 Å². The van der Waals surface area contributed by atoms with Gasteiger partial charge in [0.25, 0.3) is 0 Å². The fourth-order valence-electron chi connectivity index (χ4n) is 3.19. The summed E-state index contributed by atoms with van der Waals surface area (Å²) in [5.41, 5.74) is 4.18. The van der Waals surface area contributed by atoms with Gasteiger partial charge in [0, 0.05) is 36.7 Å². The molecule has 1 saturated carbocycles. The van der Waals surface area contributed by atoms with Crippen LogP contribution in [0.15, 0.2) is 36.5 Å². The van der Waals surface area contributed by atoms with E-state index >= 15 is 0 Å². The highest BCUT2D eigenvalue weighted by molar-refractivity contribution is 5.92. The van der Waals surface area contributed by atoms with E-state index in [1.807, 2.05) is 6.20 Å². The van der Waals surface area contributed by atoms with Crippen molar-refractivity contribution in [2.45, 2.75) is 19.3 Å². The second kappa shape index (κ2) is 4.53. The van der Waals surface area contributed by atoms with Crippen LogP contribution in [0, 0.1) is 5.92 Å². The van der Waals surface area contributed by atoms with Gasteiger partial charge in [-0.2, -0.15) is 0 Å². The van der Waals surface area contributed by atoms with Gasteiger partial charge in [0.1, 0.15) is 0 Å². The fourth-order valence-corrected chi connectivity index (χ4v) is 3.19. The lowest BCUT2D eigenvalue weighted by atomic mass is 9.98. The summed E-state index contributed by atoms with van der Waals surface area (Å²) in [5.74, 6) is 0.988. The van der Waals surface area contributed by atoms with Crippen LogP contribution in [0.4, 0.5) is 0 Å². The molecule has 98 valence electrons. The van der Waals surface area contributed by atoms with E-state index in [0.29, 0.717) is 0 Å². The Hall–Kier alpha value is -1.54. The molecule has 2 heterocycles. The number of hydrogen-bond acceptors (Lipinski definition) is 1. The van der Waals surface area contributed by atoms with Crippen molar-refractivity contribution in [2.75, 3.05) is 19.6 Å². The van der Waals surface area contributed by atoms with E-state index in [2.05, 4.69) is 40.2 Å². The highest BCUT2D eigenvalue weighted by Gasteiger charge is 2.25. The van der Waals surface area contributed by atoms with Gasteiger partial charge >= 0.3 is 0 Å². The van der Waals surface area contributed by atoms with Gasteiger partial charge in [-0.1, -0.05) is 18.2 Å². The van der Waals surface area contributed by atoms with E-state index in [1.54, 1.807) is 0 Å². The standard InChI is InChI=1S/C17H20N2/c1-4-15(16-8-9-18-17(16)5-1)14-3-2-10-19(12-14)11-13-6-7-13/h1,3-5,8-9,13,18H,2,6-7,10-12H2. The highest BCUT2D eigenvalue weighted by atomic mass is 15.1. The molecule has 2 nitrogen and oxygen atoms in total. The van der Waals surface area contributed by atoms with Gasteiger partial charge < -0.3 is 4.98 Å². The molecule has 0 amide bonds. The maximum atomic E-state index is 3.31. The maximum absolute atomic E-state index is 3.31. The summed E-state index contributed by atoms with van der Waals surface area (Å²) in [6.07, 6.45) is 8.57. The Labute approximate surface area is 114 Å². The lowest BCUT2D eigenvalue weighted by Gasteiger charge is -2.27. The molecule has 2 heteroatoms. The first kappa shape index (κ1) is 11.3. The summed E-state index contributed by atoms with van der Waals surface area (Å²) < 4.78 is 0. The van der Waals surface area contributed by atoms with E-state index in [0.717, 1.165) is 12.5 Å². The number of hydrogen-bond donors (Lipinski definition) is 1. The second-order valence-electron chi connectivity index (χ2n) is 5.94. The summed E-state index contributed by atoms with van der Waals surface area (Å²) in [4.78, 5) is 5.95. The number of fused-ring (bicyclic) bond motifs is 1. The fraction of sp³-hybridized carbons (Fsp3) is 0.412. The van der Waals surface area contributed by atoms with Gasteiger partial charge in [-0.3, -0.25) is 4.90 Å². The van der Waals surface area contributed by atoms with Crippen LogP contribution in [0.3, 0.4) is 0 Å². The topological polar surface area (TPSA) is 19.0 Å². The minimum Gasteiger partial charge on any atom is -0.361 e. The predicted molar refractivity (Wildman–Crippen MR) is 80.1 cm³/mol. The van der Waals surface area contributed by atoms with Crippen LogP contribution in [0.1, 0.15) is 24.8 Å². The molecule has 0 saturated heterocycles. The monoisotopic (exact) mass is 252 g/mol. The maximum Gasteiger partial charge on any atom is 0.0460 e. The highest BCUT2D eigenvalue weighted by Crippen LogP contribution is 2.32. The first-order valence-corrected chi connectivity index (χ1v) is 7.38. The summed E-state index contributed by atoms with van der Waals surface area (Å²) in [7, 11) is 0. The van der Waals surface area contributed by atoms with Crippen molar-refractivity contribution < 1.29 is 0 Å². The second-order valence-corrected chi connectivity index (χ2v) is 5.94. The van der Waals surface area contributed by atoms with Crippen molar-refractivity contribution in [1.29, 1.82) is 0 Å². The Balaban J connectivity index is 1.63. The lowest BCUT2D eigenvalue weighted by molar-refractivity contribution is 0.292. The summed E-state index contributed by atoms with van der Waals surface area (Å²) in [5, 5.41) is 1.36. The molecule has 0 bridgehead atoms.